The van der Waals surface area contributed by atoms with E-state index >= 15 is 0 Å². The van der Waals surface area contributed by atoms with E-state index in [0.717, 1.165) is 6.08 Å². The van der Waals surface area contributed by atoms with Gasteiger partial charge in [-0.2, -0.15) is 0 Å². The largest absolute Gasteiger partial charge is 0.493 e. The van der Waals surface area contributed by atoms with Gasteiger partial charge in [-0.25, -0.2) is 9.18 Å². The molecule has 0 aliphatic carbocycles. The van der Waals surface area contributed by atoms with Crippen LogP contribution in [0.25, 0.3) is 6.08 Å². The molecule has 0 aliphatic heterocycles. The lowest BCUT2D eigenvalue weighted by molar-refractivity contribution is -0.131. The highest BCUT2D eigenvalue weighted by Gasteiger charge is 2.01. The van der Waals surface area contributed by atoms with Crippen molar-refractivity contribution in [1.82, 2.24) is 0 Å². The fraction of sp³-hybridized carbons (Fsp3) is 0.357. The third kappa shape index (κ3) is 6.57. The van der Waals surface area contributed by atoms with Crippen LogP contribution in [-0.2, 0) is 9.53 Å². The Bertz CT molecular complexity index is 443. The van der Waals surface area contributed by atoms with Crippen molar-refractivity contribution < 1.29 is 23.8 Å². The number of carboxylic acid groups (broad SMARTS) is 1. The summed E-state index contributed by atoms with van der Waals surface area (Å²) >= 11 is 0. The molecule has 5 heteroatoms. The molecule has 19 heavy (non-hydrogen) atoms. The zero-order chi connectivity index (χ0) is 14.1. The summed E-state index contributed by atoms with van der Waals surface area (Å²) in [6.07, 6.45) is 2.98. The van der Waals surface area contributed by atoms with Crippen LogP contribution in [-0.4, -0.2) is 30.9 Å². The zero-order valence-electron chi connectivity index (χ0n) is 10.8. The minimum absolute atomic E-state index is 0.376. The van der Waals surface area contributed by atoms with E-state index in [4.69, 9.17) is 14.6 Å². The fourth-order valence-corrected chi connectivity index (χ4v) is 1.43. The summed E-state index contributed by atoms with van der Waals surface area (Å²) in [4.78, 5) is 10.4. The van der Waals surface area contributed by atoms with Gasteiger partial charge in [-0.1, -0.05) is 0 Å². The van der Waals surface area contributed by atoms with Gasteiger partial charge in [0.05, 0.1) is 6.61 Å². The van der Waals surface area contributed by atoms with E-state index in [1.165, 1.54) is 18.2 Å². The molecule has 0 bridgehead atoms. The summed E-state index contributed by atoms with van der Waals surface area (Å²) in [5.74, 6) is -1.17. The molecule has 1 aromatic carbocycles. The zero-order valence-corrected chi connectivity index (χ0v) is 10.8. The number of hydrogen-bond donors (Lipinski definition) is 1. The van der Waals surface area contributed by atoms with Crippen molar-refractivity contribution in [2.75, 3.05) is 19.8 Å². The maximum atomic E-state index is 13.3. The molecule has 1 rings (SSSR count). The van der Waals surface area contributed by atoms with E-state index in [2.05, 4.69) is 0 Å². The Balaban J connectivity index is 2.56. The van der Waals surface area contributed by atoms with Crippen LogP contribution in [0.1, 0.15) is 18.9 Å². The van der Waals surface area contributed by atoms with Gasteiger partial charge in [0.15, 0.2) is 0 Å². The van der Waals surface area contributed by atoms with E-state index in [9.17, 15) is 9.18 Å². The number of hydrogen-bond acceptors (Lipinski definition) is 3. The van der Waals surface area contributed by atoms with E-state index in [1.807, 2.05) is 6.92 Å². The predicted molar refractivity (Wildman–Crippen MR) is 69.7 cm³/mol. The number of benzene rings is 1. The van der Waals surface area contributed by atoms with Gasteiger partial charge in [-0.3, -0.25) is 0 Å². The Morgan fingerprint density at radius 3 is 2.84 bits per heavy atom. The molecule has 0 radical (unpaired) electrons. The normalized spacial score (nSPS) is 10.8. The number of carboxylic acids is 1. The van der Waals surface area contributed by atoms with Crippen LogP contribution in [0, 0.1) is 5.82 Å². The Kier molecular flexibility index (Phi) is 6.60. The lowest BCUT2D eigenvalue weighted by atomic mass is 10.2. The second kappa shape index (κ2) is 8.26. The van der Waals surface area contributed by atoms with Gasteiger partial charge < -0.3 is 14.6 Å². The van der Waals surface area contributed by atoms with Gasteiger partial charge in [0.1, 0.15) is 11.6 Å². The first kappa shape index (κ1) is 15.2. The average Bonchev–Trinajstić information content (AvgIpc) is 2.35. The van der Waals surface area contributed by atoms with E-state index in [-0.39, 0.29) is 0 Å². The van der Waals surface area contributed by atoms with Crippen LogP contribution in [0.5, 0.6) is 5.75 Å². The van der Waals surface area contributed by atoms with Crippen LogP contribution >= 0.6 is 0 Å². The van der Waals surface area contributed by atoms with Crippen LogP contribution in [0.15, 0.2) is 24.3 Å². The summed E-state index contributed by atoms with van der Waals surface area (Å²) in [6, 6.07) is 4.09. The number of ether oxygens (including phenoxy) is 2. The minimum atomic E-state index is -1.08. The van der Waals surface area contributed by atoms with Crippen LogP contribution in [0.3, 0.4) is 0 Å². The third-order valence-corrected chi connectivity index (χ3v) is 2.22. The van der Waals surface area contributed by atoms with Crippen molar-refractivity contribution in [1.29, 1.82) is 0 Å². The molecule has 104 valence electrons. The fourth-order valence-electron chi connectivity index (χ4n) is 1.43. The van der Waals surface area contributed by atoms with Crippen LogP contribution in [0.2, 0.25) is 0 Å². The molecule has 0 aliphatic rings. The Morgan fingerprint density at radius 1 is 1.37 bits per heavy atom. The SMILES string of the molecule is CCOCCCOc1cc(F)cc(/C=C/C(=O)O)c1. The summed E-state index contributed by atoms with van der Waals surface area (Å²) in [5.41, 5.74) is 0.446. The lowest BCUT2D eigenvalue weighted by Gasteiger charge is -2.07. The average molecular weight is 268 g/mol. The maximum Gasteiger partial charge on any atom is 0.328 e. The molecule has 0 unspecified atom stereocenters. The lowest BCUT2D eigenvalue weighted by Crippen LogP contribution is -2.03. The van der Waals surface area contributed by atoms with Crippen molar-refractivity contribution in [3.63, 3.8) is 0 Å². The smallest absolute Gasteiger partial charge is 0.328 e. The molecule has 4 nitrogen and oxygen atoms in total. The Morgan fingerprint density at radius 2 is 2.16 bits per heavy atom. The monoisotopic (exact) mass is 268 g/mol. The number of halogens is 1. The van der Waals surface area contributed by atoms with Gasteiger partial charge in [0.25, 0.3) is 0 Å². The first-order valence-electron chi connectivity index (χ1n) is 6.04. The van der Waals surface area contributed by atoms with Crippen molar-refractivity contribution >= 4 is 12.0 Å². The van der Waals surface area contributed by atoms with Crippen molar-refractivity contribution in [2.45, 2.75) is 13.3 Å². The van der Waals surface area contributed by atoms with Gasteiger partial charge in [0.2, 0.25) is 0 Å². The molecule has 0 spiro atoms. The van der Waals surface area contributed by atoms with Gasteiger partial charge in [-0.05, 0) is 30.7 Å². The highest BCUT2D eigenvalue weighted by Crippen LogP contribution is 2.17. The van der Waals surface area contributed by atoms with E-state index < -0.39 is 11.8 Å². The molecule has 0 saturated carbocycles. The maximum absolute atomic E-state index is 13.3. The highest BCUT2D eigenvalue weighted by atomic mass is 19.1. The molecular weight excluding hydrogens is 251 g/mol. The number of carbonyl (C=O) groups is 1. The molecule has 1 N–H and O–H groups in total. The summed E-state index contributed by atoms with van der Waals surface area (Å²) in [6.45, 7) is 3.59. The summed E-state index contributed by atoms with van der Waals surface area (Å²) in [5, 5.41) is 8.51. The molecule has 1 aromatic rings. The van der Waals surface area contributed by atoms with Gasteiger partial charge in [0, 0.05) is 31.8 Å². The molecule has 0 heterocycles. The standard InChI is InChI=1S/C14H17FO4/c1-2-18-6-3-7-19-13-9-11(4-5-14(16)17)8-12(15)10-13/h4-5,8-10H,2-3,6-7H2,1H3,(H,16,17)/b5-4+. The minimum Gasteiger partial charge on any atom is -0.493 e. The highest BCUT2D eigenvalue weighted by molar-refractivity contribution is 5.85. The van der Waals surface area contributed by atoms with Crippen molar-refractivity contribution in [3.05, 3.63) is 35.7 Å². The Labute approximate surface area is 111 Å². The predicted octanol–water partition coefficient (Wildman–Crippen LogP) is 2.73. The van der Waals surface area contributed by atoms with Gasteiger partial charge >= 0.3 is 5.97 Å². The van der Waals surface area contributed by atoms with Crippen molar-refractivity contribution in [2.24, 2.45) is 0 Å². The molecule has 0 aromatic heterocycles. The molecular formula is C14H17FO4. The second-order valence-electron chi connectivity index (χ2n) is 3.79. The van der Waals surface area contributed by atoms with Crippen LogP contribution in [0.4, 0.5) is 4.39 Å². The first-order valence-corrected chi connectivity index (χ1v) is 6.04. The van der Waals surface area contributed by atoms with E-state index in [0.29, 0.717) is 37.6 Å². The summed E-state index contributed by atoms with van der Waals surface area (Å²) < 4.78 is 23.8. The quantitative estimate of drug-likeness (QED) is 0.582. The topological polar surface area (TPSA) is 55.8 Å². The third-order valence-electron chi connectivity index (χ3n) is 2.22. The second-order valence-corrected chi connectivity index (χ2v) is 3.79. The molecule has 0 amide bonds. The number of rotatable bonds is 8. The number of aliphatic carboxylic acids is 1. The molecule has 0 atom stereocenters. The van der Waals surface area contributed by atoms with Crippen molar-refractivity contribution in [3.8, 4) is 5.75 Å². The van der Waals surface area contributed by atoms with Crippen LogP contribution < -0.4 is 4.74 Å². The summed E-state index contributed by atoms with van der Waals surface area (Å²) in [7, 11) is 0. The Hall–Kier alpha value is -1.88. The van der Waals surface area contributed by atoms with E-state index in [1.54, 1.807) is 6.07 Å². The van der Waals surface area contributed by atoms with Gasteiger partial charge in [-0.15, -0.1) is 0 Å². The molecule has 0 saturated heterocycles. The first-order chi connectivity index (χ1) is 9.11. The molecule has 0 fully saturated rings.